The molecule has 0 atom stereocenters. The Hall–Kier alpha value is -1.51. The van der Waals surface area contributed by atoms with E-state index >= 15 is 0 Å². The second kappa shape index (κ2) is 3.93. The van der Waals surface area contributed by atoms with Gasteiger partial charge in [-0.05, 0) is 18.6 Å². The third-order valence-corrected chi connectivity index (χ3v) is 2.57. The molecule has 80 valence electrons. The third-order valence-electron chi connectivity index (χ3n) is 2.57. The van der Waals surface area contributed by atoms with Gasteiger partial charge in [-0.3, -0.25) is 0 Å². The summed E-state index contributed by atoms with van der Waals surface area (Å²) in [5.41, 5.74) is 2.01. The monoisotopic (exact) mass is 204 g/mol. The Labute approximate surface area is 89.4 Å². The molecular formula is C12H16N2O. The minimum atomic E-state index is 0.308. The Morgan fingerprint density at radius 2 is 2.13 bits per heavy atom. The van der Waals surface area contributed by atoms with Gasteiger partial charge in [0.05, 0.1) is 11.0 Å². The third kappa shape index (κ3) is 1.69. The smallest absolute Gasteiger partial charge is 0.117 e. The van der Waals surface area contributed by atoms with Gasteiger partial charge in [0.15, 0.2) is 0 Å². The fourth-order valence-electron chi connectivity index (χ4n) is 1.90. The van der Waals surface area contributed by atoms with E-state index in [1.54, 1.807) is 12.1 Å². The first kappa shape index (κ1) is 10.0. The maximum absolute atomic E-state index is 9.46. The van der Waals surface area contributed by atoms with Crippen LogP contribution >= 0.6 is 0 Å². The number of aryl methyl sites for hydroxylation is 2. The van der Waals surface area contributed by atoms with Crippen molar-refractivity contribution >= 4 is 11.0 Å². The fourth-order valence-corrected chi connectivity index (χ4v) is 1.90. The van der Waals surface area contributed by atoms with Crippen molar-refractivity contribution in [2.45, 2.75) is 33.2 Å². The lowest BCUT2D eigenvalue weighted by Gasteiger charge is -2.05. The summed E-state index contributed by atoms with van der Waals surface area (Å²) in [6, 6.07) is 5.35. The summed E-state index contributed by atoms with van der Waals surface area (Å²) in [5.74, 6) is 1.40. The first-order valence-electron chi connectivity index (χ1n) is 5.44. The Kier molecular flexibility index (Phi) is 2.62. The fraction of sp³-hybridized carbons (Fsp3) is 0.417. The van der Waals surface area contributed by atoms with E-state index in [0.717, 1.165) is 36.2 Å². The molecule has 1 heterocycles. The van der Waals surface area contributed by atoms with Gasteiger partial charge < -0.3 is 9.67 Å². The van der Waals surface area contributed by atoms with Crippen molar-refractivity contribution in [1.29, 1.82) is 0 Å². The predicted octanol–water partition coefficient (Wildman–Crippen LogP) is 2.71. The number of hydrogen-bond donors (Lipinski definition) is 1. The van der Waals surface area contributed by atoms with Gasteiger partial charge in [-0.2, -0.15) is 0 Å². The van der Waals surface area contributed by atoms with E-state index in [1.165, 1.54) is 0 Å². The molecule has 1 aromatic carbocycles. The predicted molar refractivity (Wildman–Crippen MR) is 61.1 cm³/mol. The maximum Gasteiger partial charge on any atom is 0.117 e. The molecule has 2 rings (SSSR count). The second-order valence-corrected chi connectivity index (χ2v) is 3.71. The van der Waals surface area contributed by atoms with Crippen molar-refractivity contribution < 1.29 is 5.11 Å². The highest BCUT2D eigenvalue weighted by atomic mass is 16.3. The van der Waals surface area contributed by atoms with Gasteiger partial charge in [-0.1, -0.05) is 13.8 Å². The van der Waals surface area contributed by atoms with Gasteiger partial charge in [0, 0.05) is 19.0 Å². The summed E-state index contributed by atoms with van der Waals surface area (Å²) in [7, 11) is 0. The zero-order valence-corrected chi connectivity index (χ0v) is 9.20. The summed E-state index contributed by atoms with van der Waals surface area (Å²) in [5, 5.41) is 9.46. The lowest BCUT2D eigenvalue weighted by atomic mass is 10.3. The van der Waals surface area contributed by atoms with Gasteiger partial charge >= 0.3 is 0 Å². The molecule has 0 saturated carbocycles. The zero-order valence-electron chi connectivity index (χ0n) is 9.20. The Morgan fingerprint density at radius 3 is 2.80 bits per heavy atom. The first-order valence-corrected chi connectivity index (χ1v) is 5.44. The Morgan fingerprint density at radius 1 is 1.33 bits per heavy atom. The number of aromatic hydroxyl groups is 1. The number of aromatic nitrogens is 2. The van der Waals surface area contributed by atoms with E-state index in [-0.39, 0.29) is 0 Å². The van der Waals surface area contributed by atoms with E-state index in [2.05, 4.69) is 23.4 Å². The van der Waals surface area contributed by atoms with Crippen LogP contribution in [0.15, 0.2) is 18.2 Å². The number of phenolic OH excluding ortho intramolecular Hbond substituents is 1. The van der Waals surface area contributed by atoms with Crippen molar-refractivity contribution in [1.82, 2.24) is 9.55 Å². The molecule has 0 aliphatic rings. The highest BCUT2D eigenvalue weighted by Gasteiger charge is 2.08. The van der Waals surface area contributed by atoms with Crippen molar-refractivity contribution in [3.63, 3.8) is 0 Å². The average molecular weight is 204 g/mol. The van der Waals surface area contributed by atoms with Crippen molar-refractivity contribution in [3.8, 4) is 5.75 Å². The van der Waals surface area contributed by atoms with Crippen LogP contribution in [0.25, 0.3) is 11.0 Å². The molecule has 15 heavy (non-hydrogen) atoms. The van der Waals surface area contributed by atoms with Gasteiger partial charge in [-0.25, -0.2) is 4.98 Å². The van der Waals surface area contributed by atoms with Gasteiger partial charge in [0.1, 0.15) is 11.6 Å². The van der Waals surface area contributed by atoms with Gasteiger partial charge in [-0.15, -0.1) is 0 Å². The minimum absolute atomic E-state index is 0.308. The molecule has 1 aromatic heterocycles. The number of benzene rings is 1. The van der Waals surface area contributed by atoms with Gasteiger partial charge in [0.2, 0.25) is 0 Å². The van der Waals surface area contributed by atoms with E-state index in [9.17, 15) is 5.11 Å². The molecule has 1 N–H and O–H groups in total. The van der Waals surface area contributed by atoms with E-state index in [1.807, 2.05) is 6.07 Å². The Bertz CT molecular complexity index is 474. The Balaban J connectivity index is 2.65. The molecular weight excluding hydrogens is 188 g/mol. The molecule has 0 bridgehead atoms. The molecule has 0 aliphatic carbocycles. The molecule has 3 nitrogen and oxygen atoms in total. The number of nitrogens with zero attached hydrogens (tertiary/aromatic N) is 2. The average Bonchev–Trinajstić information content (AvgIpc) is 2.57. The number of fused-ring (bicyclic) bond motifs is 1. The summed E-state index contributed by atoms with van der Waals surface area (Å²) in [6.07, 6.45) is 2.00. The molecule has 0 fully saturated rings. The summed E-state index contributed by atoms with van der Waals surface area (Å²) in [4.78, 5) is 4.54. The summed E-state index contributed by atoms with van der Waals surface area (Å²) in [6.45, 7) is 5.21. The molecule has 2 aromatic rings. The highest BCUT2D eigenvalue weighted by molar-refractivity contribution is 5.77. The second-order valence-electron chi connectivity index (χ2n) is 3.71. The van der Waals surface area contributed by atoms with Gasteiger partial charge in [0.25, 0.3) is 0 Å². The van der Waals surface area contributed by atoms with Crippen LogP contribution in [-0.4, -0.2) is 14.7 Å². The largest absolute Gasteiger partial charge is 0.508 e. The topological polar surface area (TPSA) is 38.0 Å². The number of hydrogen-bond acceptors (Lipinski definition) is 2. The van der Waals surface area contributed by atoms with Crippen molar-refractivity contribution in [2.24, 2.45) is 0 Å². The molecule has 0 spiro atoms. The normalized spacial score (nSPS) is 11.1. The van der Waals surface area contributed by atoms with Crippen LogP contribution in [-0.2, 0) is 13.0 Å². The molecule has 0 aliphatic heterocycles. The van der Waals surface area contributed by atoms with Crippen LogP contribution in [0.5, 0.6) is 5.75 Å². The van der Waals surface area contributed by atoms with E-state index in [4.69, 9.17) is 0 Å². The molecule has 0 amide bonds. The number of rotatable bonds is 3. The molecule has 0 radical (unpaired) electrons. The van der Waals surface area contributed by atoms with Crippen LogP contribution in [0.3, 0.4) is 0 Å². The summed E-state index contributed by atoms with van der Waals surface area (Å²) >= 11 is 0. The molecule has 0 unspecified atom stereocenters. The lowest BCUT2D eigenvalue weighted by Crippen LogP contribution is -2.01. The summed E-state index contributed by atoms with van der Waals surface area (Å²) < 4.78 is 2.19. The molecule has 3 heteroatoms. The van der Waals surface area contributed by atoms with Crippen molar-refractivity contribution in [3.05, 3.63) is 24.0 Å². The van der Waals surface area contributed by atoms with Crippen LogP contribution in [0, 0.1) is 0 Å². The standard InChI is InChI=1S/C12H16N2O/c1-3-7-14-11-8-9(15)5-6-10(11)13-12(14)4-2/h5-6,8,15H,3-4,7H2,1-2H3. The number of imidazole rings is 1. The lowest BCUT2D eigenvalue weighted by molar-refractivity contribution is 0.475. The minimum Gasteiger partial charge on any atom is -0.508 e. The number of phenols is 1. The van der Waals surface area contributed by atoms with Crippen molar-refractivity contribution in [2.75, 3.05) is 0 Å². The van der Waals surface area contributed by atoms with Crippen LogP contribution in [0.4, 0.5) is 0 Å². The van der Waals surface area contributed by atoms with Crippen LogP contribution in [0.1, 0.15) is 26.1 Å². The molecule has 0 saturated heterocycles. The van der Waals surface area contributed by atoms with E-state index in [0.29, 0.717) is 5.75 Å². The maximum atomic E-state index is 9.46. The SMILES string of the molecule is CCCn1c(CC)nc2ccc(O)cc21. The first-order chi connectivity index (χ1) is 7.26. The highest BCUT2D eigenvalue weighted by Crippen LogP contribution is 2.21. The van der Waals surface area contributed by atoms with E-state index < -0.39 is 0 Å². The zero-order chi connectivity index (χ0) is 10.8. The van der Waals surface area contributed by atoms with Crippen LogP contribution < -0.4 is 0 Å². The quantitative estimate of drug-likeness (QED) is 0.834. The van der Waals surface area contributed by atoms with Crippen LogP contribution in [0.2, 0.25) is 0 Å².